The van der Waals surface area contributed by atoms with E-state index >= 15 is 0 Å². The number of carbonyl (C=O) groups excluding carboxylic acids is 2. The molecule has 0 aliphatic rings. The third kappa shape index (κ3) is 4.73. The zero-order valence-electron chi connectivity index (χ0n) is 12.8. The maximum atomic E-state index is 12.1. The van der Waals surface area contributed by atoms with Crippen molar-refractivity contribution in [3.8, 4) is 0 Å². The van der Waals surface area contributed by atoms with E-state index in [2.05, 4.69) is 15.6 Å². The van der Waals surface area contributed by atoms with Gasteiger partial charge in [-0.3, -0.25) is 14.6 Å². The van der Waals surface area contributed by atoms with Crippen LogP contribution in [0.4, 0.5) is 5.69 Å². The van der Waals surface area contributed by atoms with Crippen molar-refractivity contribution in [3.63, 3.8) is 0 Å². The first-order chi connectivity index (χ1) is 10.3. The second kappa shape index (κ2) is 6.43. The van der Waals surface area contributed by atoms with Gasteiger partial charge in [-0.2, -0.15) is 0 Å². The van der Waals surface area contributed by atoms with Crippen molar-refractivity contribution in [2.24, 2.45) is 0 Å². The van der Waals surface area contributed by atoms with E-state index in [1.165, 1.54) is 12.5 Å². The summed E-state index contributed by atoms with van der Waals surface area (Å²) >= 11 is 0. The van der Waals surface area contributed by atoms with Crippen molar-refractivity contribution in [3.05, 3.63) is 48.2 Å². The smallest absolute Gasteiger partial charge is 0.270 e. The molecule has 0 atom stereocenters. The summed E-state index contributed by atoms with van der Waals surface area (Å²) in [4.78, 5) is 28.0. The Labute approximate surface area is 128 Å². The van der Waals surface area contributed by atoms with Crippen LogP contribution in [-0.4, -0.2) is 22.3 Å². The van der Waals surface area contributed by atoms with Crippen LogP contribution >= 0.6 is 0 Å². The fraction of sp³-hybridized carbons (Fsp3) is 0.312. The molecule has 0 fully saturated rings. The van der Waals surface area contributed by atoms with Gasteiger partial charge >= 0.3 is 0 Å². The molecule has 2 aromatic rings. The summed E-state index contributed by atoms with van der Waals surface area (Å²) < 4.78 is 5.12. The van der Waals surface area contributed by atoms with Crippen LogP contribution in [-0.2, 0) is 11.2 Å². The maximum Gasteiger partial charge on any atom is 0.270 e. The highest BCUT2D eigenvalue weighted by Crippen LogP contribution is 2.11. The predicted molar refractivity (Wildman–Crippen MR) is 82.5 cm³/mol. The van der Waals surface area contributed by atoms with Crippen LogP contribution in [0.1, 0.15) is 37.0 Å². The van der Waals surface area contributed by atoms with E-state index in [4.69, 9.17) is 4.42 Å². The van der Waals surface area contributed by atoms with Crippen molar-refractivity contribution in [1.29, 1.82) is 0 Å². The Hall–Kier alpha value is -2.63. The Morgan fingerprint density at radius 2 is 2.05 bits per heavy atom. The summed E-state index contributed by atoms with van der Waals surface area (Å²) in [6, 6.07) is 6.63. The summed E-state index contributed by atoms with van der Waals surface area (Å²) in [5.41, 5.74) is 0.424. The fourth-order valence-corrected chi connectivity index (χ4v) is 1.81. The molecule has 0 aliphatic heterocycles. The van der Waals surface area contributed by atoms with E-state index < -0.39 is 0 Å². The van der Waals surface area contributed by atoms with Gasteiger partial charge < -0.3 is 15.1 Å². The first-order valence-corrected chi connectivity index (χ1v) is 6.94. The molecule has 0 spiro atoms. The lowest BCUT2D eigenvalue weighted by Crippen LogP contribution is -2.40. The molecule has 0 unspecified atom stereocenters. The standard InChI is InChI=1S/C16H19N3O3/c1-16(2,3)19-15(21)13-9-11(6-7-17-13)18-14(20)10-12-5-4-8-22-12/h4-9H,10H2,1-3H3,(H,19,21)(H,17,18,20). The average molecular weight is 301 g/mol. The number of nitrogens with one attached hydrogen (secondary N) is 2. The van der Waals surface area contributed by atoms with Crippen LogP contribution in [0.3, 0.4) is 0 Å². The minimum absolute atomic E-state index is 0.138. The average Bonchev–Trinajstić information content (AvgIpc) is 2.89. The Kier molecular flexibility index (Phi) is 4.60. The quantitative estimate of drug-likeness (QED) is 0.908. The van der Waals surface area contributed by atoms with Crippen molar-refractivity contribution in [1.82, 2.24) is 10.3 Å². The number of carbonyl (C=O) groups is 2. The summed E-state index contributed by atoms with van der Waals surface area (Å²) in [7, 11) is 0. The number of rotatable bonds is 4. The molecule has 2 amide bonds. The predicted octanol–water partition coefficient (Wildman–Crippen LogP) is 2.38. The Morgan fingerprint density at radius 1 is 1.27 bits per heavy atom. The van der Waals surface area contributed by atoms with Gasteiger partial charge in [-0.25, -0.2) is 0 Å². The highest BCUT2D eigenvalue weighted by atomic mass is 16.3. The molecule has 2 N–H and O–H groups in total. The number of pyridine rings is 1. The number of hydrogen-bond donors (Lipinski definition) is 2. The number of anilines is 1. The summed E-state index contributed by atoms with van der Waals surface area (Å²) in [5.74, 6) is 0.0789. The summed E-state index contributed by atoms with van der Waals surface area (Å²) in [5, 5.41) is 5.54. The number of hydrogen-bond acceptors (Lipinski definition) is 4. The molecule has 22 heavy (non-hydrogen) atoms. The van der Waals surface area contributed by atoms with E-state index in [-0.39, 0.29) is 29.5 Å². The molecule has 0 radical (unpaired) electrons. The molecule has 2 heterocycles. The van der Waals surface area contributed by atoms with Crippen LogP contribution in [0.5, 0.6) is 0 Å². The van der Waals surface area contributed by atoms with E-state index in [0.717, 1.165) is 0 Å². The maximum absolute atomic E-state index is 12.1. The molecular formula is C16H19N3O3. The highest BCUT2D eigenvalue weighted by Gasteiger charge is 2.16. The lowest BCUT2D eigenvalue weighted by Gasteiger charge is -2.20. The van der Waals surface area contributed by atoms with Gasteiger partial charge in [0, 0.05) is 17.4 Å². The molecule has 0 saturated carbocycles. The van der Waals surface area contributed by atoms with E-state index in [1.54, 1.807) is 24.3 Å². The topological polar surface area (TPSA) is 84.2 Å². The Balaban J connectivity index is 2.02. The number of amides is 2. The van der Waals surface area contributed by atoms with Gasteiger partial charge in [0.1, 0.15) is 11.5 Å². The summed E-state index contributed by atoms with van der Waals surface area (Å²) in [6.07, 6.45) is 3.14. The zero-order chi connectivity index (χ0) is 16.2. The molecule has 0 bridgehead atoms. The largest absolute Gasteiger partial charge is 0.469 e. The lowest BCUT2D eigenvalue weighted by molar-refractivity contribution is -0.115. The second-order valence-electron chi connectivity index (χ2n) is 5.94. The molecule has 0 aliphatic carbocycles. The number of aromatic nitrogens is 1. The van der Waals surface area contributed by atoms with Gasteiger partial charge in [0.25, 0.3) is 5.91 Å². The van der Waals surface area contributed by atoms with Crippen molar-refractivity contribution in [2.75, 3.05) is 5.32 Å². The Morgan fingerprint density at radius 3 is 2.68 bits per heavy atom. The van der Waals surface area contributed by atoms with Gasteiger partial charge in [0.05, 0.1) is 12.7 Å². The molecule has 0 aromatic carbocycles. The third-order valence-corrected chi connectivity index (χ3v) is 2.68. The molecular weight excluding hydrogens is 282 g/mol. The van der Waals surface area contributed by atoms with Crippen molar-refractivity contribution in [2.45, 2.75) is 32.7 Å². The van der Waals surface area contributed by atoms with Crippen LogP contribution in [0.2, 0.25) is 0 Å². The van der Waals surface area contributed by atoms with Crippen LogP contribution in [0.25, 0.3) is 0 Å². The van der Waals surface area contributed by atoms with Gasteiger partial charge in [-0.15, -0.1) is 0 Å². The normalized spacial score (nSPS) is 11.0. The lowest BCUT2D eigenvalue weighted by atomic mass is 10.1. The van der Waals surface area contributed by atoms with Crippen molar-refractivity contribution < 1.29 is 14.0 Å². The molecule has 2 rings (SSSR count). The molecule has 6 heteroatoms. The third-order valence-electron chi connectivity index (χ3n) is 2.68. The molecule has 116 valence electrons. The van der Waals surface area contributed by atoms with Gasteiger partial charge in [0.2, 0.25) is 5.91 Å². The number of furan rings is 1. The van der Waals surface area contributed by atoms with E-state index in [9.17, 15) is 9.59 Å². The van der Waals surface area contributed by atoms with Gasteiger partial charge in [0.15, 0.2) is 0 Å². The highest BCUT2D eigenvalue weighted by molar-refractivity contribution is 5.96. The zero-order valence-corrected chi connectivity index (χ0v) is 12.8. The fourth-order valence-electron chi connectivity index (χ4n) is 1.81. The SMILES string of the molecule is CC(C)(C)NC(=O)c1cc(NC(=O)Cc2ccco2)ccn1. The van der Waals surface area contributed by atoms with Gasteiger partial charge in [-0.05, 0) is 45.0 Å². The number of nitrogens with zero attached hydrogens (tertiary/aromatic N) is 1. The molecule has 6 nitrogen and oxygen atoms in total. The molecule has 0 saturated heterocycles. The van der Waals surface area contributed by atoms with E-state index in [1.807, 2.05) is 20.8 Å². The summed E-state index contributed by atoms with van der Waals surface area (Å²) in [6.45, 7) is 5.67. The first-order valence-electron chi connectivity index (χ1n) is 6.94. The monoisotopic (exact) mass is 301 g/mol. The van der Waals surface area contributed by atoms with Crippen LogP contribution < -0.4 is 10.6 Å². The minimum Gasteiger partial charge on any atom is -0.469 e. The second-order valence-corrected chi connectivity index (χ2v) is 5.94. The molecule has 2 aromatic heterocycles. The van der Waals surface area contributed by atoms with Crippen molar-refractivity contribution >= 4 is 17.5 Å². The van der Waals surface area contributed by atoms with Crippen LogP contribution in [0.15, 0.2) is 41.1 Å². The minimum atomic E-state index is -0.350. The first kappa shape index (κ1) is 15.8. The van der Waals surface area contributed by atoms with Crippen LogP contribution in [0, 0.1) is 0 Å². The van der Waals surface area contributed by atoms with Gasteiger partial charge in [-0.1, -0.05) is 0 Å². The van der Waals surface area contributed by atoms with E-state index in [0.29, 0.717) is 11.4 Å². The Bertz CT molecular complexity index is 658.